The van der Waals surface area contributed by atoms with Crippen LogP contribution in [0.1, 0.15) is 30.9 Å². The van der Waals surface area contributed by atoms with Crippen molar-refractivity contribution in [3.63, 3.8) is 0 Å². The van der Waals surface area contributed by atoms with Gasteiger partial charge in [-0.15, -0.1) is 0 Å². The van der Waals surface area contributed by atoms with Crippen molar-refractivity contribution in [2.75, 3.05) is 5.73 Å². The van der Waals surface area contributed by atoms with Gasteiger partial charge in [0, 0.05) is 11.6 Å². The molecule has 1 heteroatoms. The Balaban J connectivity index is 2.43. The Bertz CT molecular complexity index is 474. The first kappa shape index (κ1) is 11.7. The highest BCUT2D eigenvalue weighted by Crippen LogP contribution is 2.32. The van der Waals surface area contributed by atoms with Gasteiger partial charge >= 0.3 is 0 Å². The average Bonchev–Trinajstić information content (AvgIpc) is 2.30. The standard InChI is InChI=1S/C16H19N/c1-12(2)16(13-7-4-3-5-8-13)14-9-6-10-15(17)11-14/h3-12,16H,17H2,1-2H3. The molecule has 0 aliphatic carbocycles. The predicted octanol–water partition coefficient (Wildman–Crippen LogP) is 4.06. The highest BCUT2D eigenvalue weighted by atomic mass is 14.5. The summed E-state index contributed by atoms with van der Waals surface area (Å²) in [6, 6.07) is 18.8. The van der Waals surface area contributed by atoms with Crippen molar-refractivity contribution in [3.05, 3.63) is 65.7 Å². The van der Waals surface area contributed by atoms with Crippen LogP contribution in [0.5, 0.6) is 0 Å². The summed E-state index contributed by atoms with van der Waals surface area (Å²) in [5.74, 6) is 0.971. The van der Waals surface area contributed by atoms with Crippen LogP contribution in [0.3, 0.4) is 0 Å². The van der Waals surface area contributed by atoms with E-state index in [0.29, 0.717) is 11.8 Å². The molecule has 0 saturated carbocycles. The molecule has 0 amide bonds. The van der Waals surface area contributed by atoms with Gasteiger partial charge in [-0.2, -0.15) is 0 Å². The van der Waals surface area contributed by atoms with E-state index in [0.717, 1.165) is 5.69 Å². The largest absolute Gasteiger partial charge is 0.399 e. The Morgan fingerprint density at radius 2 is 1.47 bits per heavy atom. The van der Waals surface area contributed by atoms with Crippen molar-refractivity contribution < 1.29 is 0 Å². The lowest BCUT2D eigenvalue weighted by atomic mass is 9.82. The lowest BCUT2D eigenvalue weighted by Crippen LogP contribution is -2.08. The molecule has 0 heterocycles. The summed E-state index contributed by atoms with van der Waals surface area (Å²) < 4.78 is 0. The second kappa shape index (κ2) is 5.05. The molecule has 88 valence electrons. The van der Waals surface area contributed by atoms with Gasteiger partial charge in [0.2, 0.25) is 0 Å². The molecule has 1 atom stereocenters. The van der Waals surface area contributed by atoms with Crippen molar-refractivity contribution in [1.82, 2.24) is 0 Å². The van der Waals surface area contributed by atoms with Gasteiger partial charge in [-0.3, -0.25) is 0 Å². The summed E-state index contributed by atoms with van der Waals surface area (Å²) in [6.07, 6.45) is 0. The van der Waals surface area contributed by atoms with Gasteiger partial charge in [0.15, 0.2) is 0 Å². The maximum Gasteiger partial charge on any atom is 0.0316 e. The Morgan fingerprint density at radius 3 is 2.06 bits per heavy atom. The van der Waals surface area contributed by atoms with Crippen molar-refractivity contribution >= 4 is 5.69 Å². The number of rotatable bonds is 3. The van der Waals surface area contributed by atoms with Gasteiger partial charge in [0.25, 0.3) is 0 Å². The second-order valence-corrected chi connectivity index (χ2v) is 4.80. The van der Waals surface area contributed by atoms with Crippen molar-refractivity contribution in [2.45, 2.75) is 19.8 Å². The molecule has 0 aliphatic rings. The molecule has 1 unspecified atom stereocenters. The fourth-order valence-electron chi connectivity index (χ4n) is 2.38. The molecule has 2 aromatic carbocycles. The predicted molar refractivity (Wildman–Crippen MR) is 74.0 cm³/mol. The topological polar surface area (TPSA) is 26.0 Å². The van der Waals surface area contributed by atoms with E-state index in [2.05, 4.69) is 56.3 Å². The first-order chi connectivity index (χ1) is 8.18. The second-order valence-electron chi connectivity index (χ2n) is 4.80. The van der Waals surface area contributed by atoms with Crippen LogP contribution in [0.2, 0.25) is 0 Å². The van der Waals surface area contributed by atoms with Crippen LogP contribution in [0.25, 0.3) is 0 Å². The highest BCUT2D eigenvalue weighted by Gasteiger charge is 2.17. The number of hydrogen-bond acceptors (Lipinski definition) is 1. The molecule has 0 aliphatic heterocycles. The number of benzene rings is 2. The smallest absolute Gasteiger partial charge is 0.0316 e. The average molecular weight is 225 g/mol. The molecule has 0 spiro atoms. The van der Waals surface area contributed by atoms with E-state index in [-0.39, 0.29) is 0 Å². The SMILES string of the molecule is CC(C)C(c1ccccc1)c1cccc(N)c1. The van der Waals surface area contributed by atoms with Gasteiger partial charge in [0.1, 0.15) is 0 Å². The zero-order chi connectivity index (χ0) is 12.3. The van der Waals surface area contributed by atoms with Gasteiger partial charge in [-0.25, -0.2) is 0 Å². The Hall–Kier alpha value is -1.76. The fourth-order valence-corrected chi connectivity index (χ4v) is 2.38. The molecule has 0 bridgehead atoms. The Labute approximate surface area is 103 Å². The van der Waals surface area contributed by atoms with Crippen LogP contribution in [-0.2, 0) is 0 Å². The Kier molecular flexibility index (Phi) is 3.48. The third kappa shape index (κ3) is 2.68. The van der Waals surface area contributed by atoms with Crippen molar-refractivity contribution in [2.24, 2.45) is 5.92 Å². The summed E-state index contributed by atoms with van der Waals surface area (Å²) >= 11 is 0. The Morgan fingerprint density at radius 1 is 0.824 bits per heavy atom. The maximum atomic E-state index is 5.87. The number of hydrogen-bond donors (Lipinski definition) is 1. The molecule has 0 fully saturated rings. The van der Waals surface area contributed by atoms with E-state index in [1.54, 1.807) is 0 Å². The number of anilines is 1. The molecular weight excluding hydrogens is 206 g/mol. The molecule has 0 aromatic heterocycles. The van der Waals surface area contributed by atoms with E-state index >= 15 is 0 Å². The summed E-state index contributed by atoms with van der Waals surface area (Å²) in [5.41, 5.74) is 9.36. The molecule has 17 heavy (non-hydrogen) atoms. The minimum atomic E-state index is 0.416. The lowest BCUT2D eigenvalue weighted by Gasteiger charge is -2.22. The molecule has 2 rings (SSSR count). The zero-order valence-corrected chi connectivity index (χ0v) is 10.4. The quantitative estimate of drug-likeness (QED) is 0.783. The summed E-state index contributed by atoms with van der Waals surface area (Å²) in [5, 5.41) is 0. The van der Waals surface area contributed by atoms with Gasteiger partial charge < -0.3 is 5.73 Å². The van der Waals surface area contributed by atoms with E-state index in [4.69, 9.17) is 5.73 Å². The van der Waals surface area contributed by atoms with E-state index in [1.165, 1.54) is 11.1 Å². The molecule has 0 saturated heterocycles. The molecular formula is C16H19N. The van der Waals surface area contributed by atoms with Crippen LogP contribution >= 0.6 is 0 Å². The third-order valence-corrected chi connectivity index (χ3v) is 3.10. The zero-order valence-electron chi connectivity index (χ0n) is 10.4. The van der Waals surface area contributed by atoms with Crippen LogP contribution in [0.4, 0.5) is 5.69 Å². The van der Waals surface area contributed by atoms with E-state index < -0.39 is 0 Å². The van der Waals surface area contributed by atoms with Crippen LogP contribution in [0, 0.1) is 5.92 Å². The minimum Gasteiger partial charge on any atom is -0.399 e. The van der Waals surface area contributed by atoms with Gasteiger partial charge in [0.05, 0.1) is 0 Å². The minimum absolute atomic E-state index is 0.416. The first-order valence-electron chi connectivity index (χ1n) is 6.09. The van der Waals surface area contributed by atoms with Gasteiger partial charge in [-0.05, 0) is 29.2 Å². The van der Waals surface area contributed by atoms with E-state index in [1.807, 2.05) is 12.1 Å². The number of nitrogen functional groups attached to an aromatic ring is 1. The molecule has 1 nitrogen and oxygen atoms in total. The number of nitrogens with two attached hydrogens (primary N) is 1. The molecule has 0 radical (unpaired) electrons. The molecule has 2 N–H and O–H groups in total. The summed E-state index contributed by atoms with van der Waals surface area (Å²) in [4.78, 5) is 0. The van der Waals surface area contributed by atoms with E-state index in [9.17, 15) is 0 Å². The summed E-state index contributed by atoms with van der Waals surface area (Å²) in [6.45, 7) is 4.50. The van der Waals surface area contributed by atoms with Gasteiger partial charge in [-0.1, -0.05) is 56.3 Å². The fraction of sp³-hybridized carbons (Fsp3) is 0.250. The first-order valence-corrected chi connectivity index (χ1v) is 6.09. The van der Waals surface area contributed by atoms with Crippen LogP contribution < -0.4 is 5.73 Å². The van der Waals surface area contributed by atoms with Crippen molar-refractivity contribution in [1.29, 1.82) is 0 Å². The maximum absolute atomic E-state index is 5.87. The lowest BCUT2D eigenvalue weighted by molar-refractivity contribution is 0.564. The molecule has 2 aromatic rings. The normalized spacial score (nSPS) is 12.6. The van der Waals surface area contributed by atoms with Crippen LogP contribution in [0.15, 0.2) is 54.6 Å². The third-order valence-electron chi connectivity index (χ3n) is 3.10. The highest BCUT2D eigenvalue weighted by molar-refractivity contribution is 5.44. The summed E-state index contributed by atoms with van der Waals surface area (Å²) in [7, 11) is 0. The van der Waals surface area contributed by atoms with Crippen molar-refractivity contribution in [3.8, 4) is 0 Å². The monoisotopic (exact) mass is 225 g/mol. The van der Waals surface area contributed by atoms with Crippen LogP contribution in [-0.4, -0.2) is 0 Å².